The summed E-state index contributed by atoms with van der Waals surface area (Å²) in [4.78, 5) is 12.9. The largest absolute Gasteiger partial charge is 0.326 e. The van der Waals surface area contributed by atoms with Crippen LogP contribution < -0.4 is 5.32 Å². The van der Waals surface area contributed by atoms with Gasteiger partial charge in [-0.1, -0.05) is 35.9 Å². The average Bonchev–Trinajstić information content (AvgIpc) is 2.65. The Morgan fingerprint density at radius 2 is 1.92 bits per heavy atom. The fourth-order valence-electron chi connectivity index (χ4n) is 3.03. The molecular formula is C19H21ClN2O3S. The number of nitrogens with one attached hydrogen (secondary N) is 1. The van der Waals surface area contributed by atoms with E-state index >= 15 is 0 Å². The van der Waals surface area contributed by atoms with Crippen LogP contribution in [0, 0.1) is 12.8 Å². The number of nitrogens with zero attached hydrogens (tertiary/aromatic N) is 1. The molecule has 1 heterocycles. The van der Waals surface area contributed by atoms with Crippen LogP contribution in [-0.4, -0.2) is 31.7 Å². The minimum Gasteiger partial charge on any atom is -0.326 e. The second-order valence-electron chi connectivity index (χ2n) is 6.47. The highest BCUT2D eigenvalue weighted by atomic mass is 35.5. The highest BCUT2D eigenvalue weighted by Gasteiger charge is 2.33. The van der Waals surface area contributed by atoms with Crippen molar-refractivity contribution in [2.45, 2.75) is 24.7 Å². The number of sulfonamides is 1. The lowest BCUT2D eigenvalue weighted by molar-refractivity contribution is -0.120. The Morgan fingerprint density at radius 3 is 2.62 bits per heavy atom. The van der Waals surface area contributed by atoms with Gasteiger partial charge in [0.05, 0.1) is 10.8 Å². The van der Waals surface area contributed by atoms with E-state index in [-0.39, 0.29) is 23.3 Å². The molecule has 1 saturated heterocycles. The quantitative estimate of drug-likeness (QED) is 0.862. The number of benzene rings is 2. The molecule has 1 fully saturated rings. The van der Waals surface area contributed by atoms with Crippen molar-refractivity contribution in [1.29, 1.82) is 0 Å². The lowest BCUT2D eigenvalue weighted by Crippen LogP contribution is -2.43. The molecule has 1 amide bonds. The van der Waals surface area contributed by atoms with Crippen LogP contribution in [0.1, 0.15) is 18.4 Å². The van der Waals surface area contributed by atoms with Crippen LogP contribution in [-0.2, 0) is 14.8 Å². The Hall–Kier alpha value is -1.89. The van der Waals surface area contributed by atoms with E-state index in [2.05, 4.69) is 5.32 Å². The van der Waals surface area contributed by atoms with Gasteiger partial charge in [0.1, 0.15) is 0 Å². The van der Waals surface area contributed by atoms with Crippen molar-refractivity contribution in [2.24, 2.45) is 5.92 Å². The number of amides is 1. The van der Waals surface area contributed by atoms with E-state index in [1.54, 1.807) is 42.5 Å². The van der Waals surface area contributed by atoms with E-state index in [0.29, 0.717) is 30.1 Å². The molecule has 0 aliphatic carbocycles. The van der Waals surface area contributed by atoms with Crippen molar-refractivity contribution in [3.8, 4) is 0 Å². The van der Waals surface area contributed by atoms with Crippen LogP contribution in [0.25, 0.3) is 0 Å². The van der Waals surface area contributed by atoms with Crippen molar-refractivity contribution in [2.75, 3.05) is 18.4 Å². The Balaban J connectivity index is 1.71. The summed E-state index contributed by atoms with van der Waals surface area (Å²) in [5.74, 6) is -0.569. The van der Waals surface area contributed by atoms with Crippen molar-refractivity contribution in [3.63, 3.8) is 0 Å². The number of piperidine rings is 1. The van der Waals surface area contributed by atoms with Crippen molar-refractivity contribution >= 4 is 33.2 Å². The van der Waals surface area contributed by atoms with Crippen LogP contribution in [0.5, 0.6) is 0 Å². The molecule has 138 valence electrons. The molecule has 2 aromatic rings. The third-order valence-electron chi connectivity index (χ3n) is 4.58. The molecule has 1 atom stereocenters. The van der Waals surface area contributed by atoms with Crippen molar-refractivity contribution in [3.05, 3.63) is 59.1 Å². The summed E-state index contributed by atoms with van der Waals surface area (Å²) in [5.41, 5.74) is 1.55. The summed E-state index contributed by atoms with van der Waals surface area (Å²) in [6.07, 6.45) is 1.31. The van der Waals surface area contributed by atoms with Gasteiger partial charge in [0.25, 0.3) is 0 Å². The summed E-state index contributed by atoms with van der Waals surface area (Å²) in [5, 5.41) is 3.43. The van der Waals surface area contributed by atoms with Crippen LogP contribution in [0.2, 0.25) is 5.02 Å². The molecule has 1 aliphatic rings. The van der Waals surface area contributed by atoms with Crippen LogP contribution in [0.4, 0.5) is 5.69 Å². The second kappa shape index (κ2) is 7.78. The molecule has 0 saturated carbocycles. The number of hydrogen-bond donors (Lipinski definition) is 1. The first-order valence-corrected chi connectivity index (χ1v) is 10.3. The highest BCUT2D eigenvalue weighted by Crippen LogP contribution is 2.26. The summed E-state index contributed by atoms with van der Waals surface area (Å²) >= 11 is 6.10. The number of anilines is 1. The van der Waals surface area contributed by atoms with Crippen molar-refractivity contribution < 1.29 is 13.2 Å². The van der Waals surface area contributed by atoms with Gasteiger partial charge in [0, 0.05) is 23.8 Å². The third-order valence-corrected chi connectivity index (χ3v) is 6.86. The molecule has 2 aromatic carbocycles. The minimum absolute atomic E-state index is 0.183. The number of carbonyl (C=O) groups is 1. The summed E-state index contributed by atoms with van der Waals surface area (Å²) in [6, 6.07) is 13.7. The molecule has 0 aromatic heterocycles. The monoisotopic (exact) mass is 392 g/mol. The molecule has 0 unspecified atom stereocenters. The van der Waals surface area contributed by atoms with E-state index in [4.69, 9.17) is 11.6 Å². The first-order valence-electron chi connectivity index (χ1n) is 8.50. The van der Waals surface area contributed by atoms with Gasteiger partial charge in [0.15, 0.2) is 0 Å². The standard InChI is InChI=1S/C19H21ClN2O3S/c1-14-9-10-16(12-18(14)20)21-19(23)15-6-5-11-22(13-15)26(24,25)17-7-3-2-4-8-17/h2-4,7-10,12,15H,5-6,11,13H2,1H3,(H,21,23)/t15-/m0/s1. The lowest BCUT2D eigenvalue weighted by atomic mass is 9.98. The Kier molecular flexibility index (Phi) is 5.65. The Bertz CT molecular complexity index is 900. The minimum atomic E-state index is -3.58. The predicted octanol–water partition coefficient (Wildman–Crippen LogP) is 3.69. The normalized spacial score (nSPS) is 18.5. The van der Waals surface area contributed by atoms with Gasteiger partial charge in [-0.05, 0) is 49.6 Å². The van der Waals surface area contributed by atoms with Crippen LogP contribution in [0.3, 0.4) is 0 Å². The Labute approximate surface area is 159 Å². The topological polar surface area (TPSA) is 66.5 Å². The van der Waals surface area contributed by atoms with Gasteiger partial charge in [-0.25, -0.2) is 8.42 Å². The maximum Gasteiger partial charge on any atom is 0.243 e. The summed E-state index contributed by atoms with van der Waals surface area (Å²) in [6.45, 7) is 2.50. The molecule has 5 nitrogen and oxygen atoms in total. The Morgan fingerprint density at radius 1 is 1.19 bits per heavy atom. The smallest absolute Gasteiger partial charge is 0.243 e. The first-order chi connectivity index (χ1) is 12.4. The van der Waals surface area contributed by atoms with Crippen LogP contribution >= 0.6 is 11.6 Å². The van der Waals surface area contributed by atoms with E-state index in [9.17, 15) is 13.2 Å². The average molecular weight is 393 g/mol. The van der Waals surface area contributed by atoms with Crippen LogP contribution in [0.15, 0.2) is 53.4 Å². The highest BCUT2D eigenvalue weighted by molar-refractivity contribution is 7.89. The fraction of sp³-hybridized carbons (Fsp3) is 0.316. The lowest BCUT2D eigenvalue weighted by Gasteiger charge is -2.31. The summed E-state index contributed by atoms with van der Waals surface area (Å²) in [7, 11) is -3.58. The van der Waals surface area contributed by atoms with E-state index in [1.807, 2.05) is 13.0 Å². The fourth-order valence-corrected chi connectivity index (χ4v) is 4.76. The number of halogens is 1. The molecule has 1 N–H and O–H groups in total. The van der Waals surface area contributed by atoms with Gasteiger partial charge in [-0.15, -0.1) is 0 Å². The summed E-state index contributed by atoms with van der Waals surface area (Å²) < 4.78 is 26.9. The zero-order valence-corrected chi connectivity index (χ0v) is 16.1. The third kappa shape index (κ3) is 4.09. The molecular weight excluding hydrogens is 372 g/mol. The van der Waals surface area contributed by atoms with Gasteiger partial charge in [0.2, 0.25) is 15.9 Å². The number of rotatable bonds is 4. The van der Waals surface area contributed by atoms with E-state index in [1.165, 1.54) is 4.31 Å². The van der Waals surface area contributed by atoms with Gasteiger partial charge in [-0.3, -0.25) is 4.79 Å². The van der Waals surface area contributed by atoms with E-state index < -0.39 is 10.0 Å². The second-order valence-corrected chi connectivity index (χ2v) is 8.81. The maximum absolute atomic E-state index is 12.8. The zero-order valence-electron chi connectivity index (χ0n) is 14.5. The first kappa shape index (κ1) is 18.9. The molecule has 0 spiro atoms. The molecule has 26 heavy (non-hydrogen) atoms. The molecule has 0 radical (unpaired) electrons. The molecule has 1 aliphatic heterocycles. The maximum atomic E-state index is 12.8. The number of carbonyl (C=O) groups excluding carboxylic acids is 1. The zero-order chi connectivity index (χ0) is 18.7. The van der Waals surface area contributed by atoms with Gasteiger partial charge >= 0.3 is 0 Å². The van der Waals surface area contributed by atoms with E-state index in [0.717, 1.165) is 5.56 Å². The van der Waals surface area contributed by atoms with Gasteiger partial charge in [-0.2, -0.15) is 4.31 Å². The molecule has 0 bridgehead atoms. The number of hydrogen-bond acceptors (Lipinski definition) is 3. The van der Waals surface area contributed by atoms with Crippen molar-refractivity contribution in [1.82, 2.24) is 4.31 Å². The molecule has 7 heteroatoms. The van der Waals surface area contributed by atoms with Gasteiger partial charge < -0.3 is 5.32 Å². The number of aryl methyl sites for hydroxylation is 1. The SMILES string of the molecule is Cc1ccc(NC(=O)[C@H]2CCCN(S(=O)(=O)c3ccccc3)C2)cc1Cl. The molecule has 3 rings (SSSR count). The predicted molar refractivity (Wildman–Crippen MR) is 103 cm³/mol.